The van der Waals surface area contributed by atoms with Crippen molar-refractivity contribution in [2.45, 2.75) is 45.6 Å². The molecule has 1 fully saturated rings. The van der Waals surface area contributed by atoms with Crippen molar-refractivity contribution in [3.05, 3.63) is 29.3 Å². The summed E-state index contributed by atoms with van der Waals surface area (Å²) in [5.74, 6) is 0.410. The number of aliphatic hydroxyl groups is 1. The molecule has 1 aromatic rings. The number of carbonyl (C=O) groups excluding carboxylic acids is 1. The number of piperidine rings is 1. The number of aliphatic hydroxyl groups excluding tert-OH is 1. The van der Waals surface area contributed by atoms with Gasteiger partial charge in [0.1, 0.15) is 0 Å². The van der Waals surface area contributed by atoms with E-state index in [2.05, 4.69) is 30.1 Å². The Kier molecular flexibility index (Phi) is 5.37. The van der Waals surface area contributed by atoms with Gasteiger partial charge in [0.15, 0.2) is 0 Å². The van der Waals surface area contributed by atoms with E-state index in [0.717, 1.165) is 37.2 Å². The second kappa shape index (κ2) is 7.05. The van der Waals surface area contributed by atoms with Crippen LogP contribution in [0.1, 0.15) is 43.7 Å². The molecule has 21 heavy (non-hydrogen) atoms. The lowest BCUT2D eigenvalue weighted by molar-refractivity contribution is -0.117. The Morgan fingerprint density at radius 1 is 1.38 bits per heavy atom. The lowest BCUT2D eigenvalue weighted by Gasteiger charge is -2.29. The maximum Gasteiger partial charge on any atom is 0.238 e. The van der Waals surface area contributed by atoms with Crippen molar-refractivity contribution >= 4 is 11.6 Å². The van der Waals surface area contributed by atoms with Gasteiger partial charge in [0.2, 0.25) is 5.91 Å². The number of nitrogens with zero attached hydrogens (tertiary/aromatic N) is 1. The van der Waals surface area contributed by atoms with E-state index >= 15 is 0 Å². The zero-order valence-corrected chi connectivity index (χ0v) is 13.2. The van der Waals surface area contributed by atoms with Gasteiger partial charge in [0.05, 0.1) is 12.6 Å². The van der Waals surface area contributed by atoms with Gasteiger partial charge in [-0.2, -0.15) is 0 Å². The number of hydrogen-bond acceptors (Lipinski definition) is 3. The maximum absolute atomic E-state index is 12.3. The normalized spacial score (nSPS) is 17.2. The number of aryl methyl sites for hydroxylation is 1. The van der Waals surface area contributed by atoms with Gasteiger partial charge in [-0.3, -0.25) is 9.69 Å². The Hall–Kier alpha value is -1.39. The fourth-order valence-electron chi connectivity index (χ4n) is 2.80. The van der Waals surface area contributed by atoms with Crippen LogP contribution in [0.2, 0.25) is 0 Å². The van der Waals surface area contributed by atoms with Gasteiger partial charge in [0.25, 0.3) is 0 Å². The van der Waals surface area contributed by atoms with Gasteiger partial charge >= 0.3 is 0 Å². The van der Waals surface area contributed by atoms with Crippen LogP contribution in [0, 0.1) is 6.92 Å². The standard InChI is InChI=1S/C17H26N2O2/c1-12(2)15-6-4-5-13(3)17(15)18-16(21)11-19-9-7-14(20)8-10-19/h4-6,12,14,20H,7-11H2,1-3H3,(H,18,21). The van der Waals surface area contributed by atoms with Crippen molar-refractivity contribution in [2.24, 2.45) is 0 Å². The highest BCUT2D eigenvalue weighted by Gasteiger charge is 2.20. The lowest BCUT2D eigenvalue weighted by Crippen LogP contribution is -2.40. The Morgan fingerprint density at radius 2 is 2.05 bits per heavy atom. The van der Waals surface area contributed by atoms with E-state index in [1.165, 1.54) is 5.56 Å². The second-order valence-electron chi connectivity index (χ2n) is 6.25. The topological polar surface area (TPSA) is 52.6 Å². The first-order valence-electron chi connectivity index (χ1n) is 7.77. The summed E-state index contributed by atoms with van der Waals surface area (Å²) in [6, 6.07) is 6.13. The minimum absolute atomic E-state index is 0.0302. The second-order valence-corrected chi connectivity index (χ2v) is 6.25. The van der Waals surface area contributed by atoms with Crippen LogP contribution < -0.4 is 5.32 Å². The molecule has 4 heteroatoms. The van der Waals surface area contributed by atoms with Gasteiger partial charge < -0.3 is 10.4 Å². The molecule has 0 spiro atoms. The first-order valence-corrected chi connectivity index (χ1v) is 7.77. The van der Waals surface area contributed by atoms with Gasteiger partial charge in [-0.05, 0) is 36.8 Å². The molecule has 0 aromatic heterocycles. The minimum atomic E-state index is -0.201. The van der Waals surface area contributed by atoms with Crippen molar-refractivity contribution in [2.75, 3.05) is 25.0 Å². The van der Waals surface area contributed by atoms with Crippen LogP contribution in [-0.2, 0) is 4.79 Å². The number of amides is 1. The Balaban J connectivity index is 2.00. The van der Waals surface area contributed by atoms with Crippen molar-refractivity contribution < 1.29 is 9.90 Å². The van der Waals surface area contributed by atoms with E-state index in [1.54, 1.807) is 0 Å². The van der Waals surface area contributed by atoms with E-state index < -0.39 is 0 Å². The van der Waals surface area contributed by atoms with Gasteiger partial charge in [-0.1, -0.05) is 32.0 Å². The molecule has 0 aliphatic carbocycles. The quantitative estimate of drug-likeness (QED) is 0.896. The molecule has 1 aromatic carbocycles. The third kappa shape index (κ3) is 4.29. The highest BCUT2D eigenvalue weighted by molar-refractivity contribution is 5.93. The molecule has 1 amide bonds. The van der Waals surface area contributed by atoms with Crippen LogP contribution >= 0.6 is 0 Å². The largest absolute Gasteiger partial charge is 0.393 e. The first-order chi connectivity index (χ1) is 9.97. The number of benzene rings is 1. The summed E-state index contributed by atoms with van der Waals surface area (Å²) in [4.78, 5) is 14.4. The smallest absolute Gasteiger partial charge is 0.238 e. The molecule has 116 valence electrons. The van der Waals surface area contributed by atoms with Crippen LogP contribution in [0.5, 0.6) is 0 Å². The molecule has 1 aliphatic heterocycles. The number of para-hydroxylation sites is 1. The predicted octanol–water partition coefficient (Wildman–Crippen LogP) is 2.51. The van der Waals surface area contributed by atoms with E-state index in [1.807, 2.05) is 19.1 Å². The molecule has 0 unspecified atom stereocenters. The summed E-state index contributed by atoms with van der Waals surface area (Å²) in [7, 11) is 0. The van der Waals surface area contributed by atoms with E-state index in [9.17, 15) is 9.90 Å². The Bertz CT molecular complexity index is 492. The minimum Gasteiger partial charge on any atom is -0.393 e. The molecule has 1 aliphatic rings. The highest BCUT2D eigenvalue weighted by atomic mass is 16.3. The van der Waals surface area contributed by atoms with Crippen molar-refractivity contribution in [1.82, 2.24) is 4.90 Å². The fraction of sp³-hybridized carbons (Fsp3) is 0.588. The molecular weight excluding hydrogens is 264 g/mol. The summed E-state index contributed by atoms with van der Waals surface area (Å²) in [6.45, 7) is 8.28. The van der Waals surface area contributed by atoms with Crippen molar-refractivity contribution in [3.8, 4) is 0 Å². The summed E-state index contributed by atoms with van der Waals surface area (Å²) < 4.78 is 0. The molecule has 0 saturated carbocycles. The number of carbonyl (C=O) groups is 1. The predicted molar refractivity (Wildman–Crippen MR) is 85.6 cm³/mol. The summed E-state index contributed by atoms with van der Waals surface area (Å²) in [5.41, 5.74) is 3.23. The molecule has 1 heterocycles. The summed E-state index contributed by atoms with van der Waals surface area (Å²) >= 11 is 0. The van der Waals surface area contributed by atoms with Crippen LogP contribution in [0.3, 0.4) is 0 Å². The SMILES string of the molecule is Cc1cccc(C(C)C)c1NC(=O)CN1CCC(O)CC1. The van der Waals surface area contributed by atoms with E-state index in [-0.39, 0.29) is 12.0 Å². The zero-order valence-electron chi connectivity index (χ0n) is 13.2. The number of likely N-dealkylation sites (tertiary alicyclic amines) is 1. The van der Waals surface area contributed by atoms with Crippen LogP contribution in [0.25, 0.3) is 0 Å². The molecule has 1 saturated heterocycles. The molecule has 0 radical (unpaired) electrons. The Morgan fingerprint density at radius 3 is 2.67 bits per heavy atom. The number of hydrogen-bond donors (Lipinski definition) is 2. The maximum atomic E-state index is 12.3. The molecule has 2 rings (SSSR count). The molecule has 4 nitrogen and oxygen atoms in total. The zero-order chi connectivity index (χ0) is 15.4. The average molecular weight is 290 g/mol. The van der Waals surface area contributed by atoms with Crippen molar-refractivity contribution in [1.29, 1.82) is 0 Å². The average Bonchev–Trinajstić information content (AvgIpc) is 2.43. The molecular formula is C17H26N2O2. The van der Waals surface area contributed by atoms with Crippen molar-refractivity contribution in [3.63, 3.8) is 0 Å². The van der Waals surface area contributed by atoms with E-state index in [4.69, 9.17) is 0 Å². The summed E-state index contributed by atoms with van der Waals surface area (Å²) in [6.07, 6.45) is 1.32. The third-order valence-corrected chi connectivity index (χ3v) is 4.12. The van der Waals surface area contributed by atoms with Gasteiger partial charge in [0, 0.05) is 18.8 Å². The van der Waals surface area contributed by atoms with Gasteiger partial charge in [-0.15, -0.1) is 0 Å². The van der Waals surface area contributed by atoms with Crippen LogP contribution in [-0.4, -0.2) is 41.7 Å². The first kappa shape index (κ1) is 16.0. The third-order valence-electron chi connectivity index (χ3n) is 4.12. The fourth-order valence-corrected chi connectivity index (χ4v) is 2.80. The summed E-state index contributed by atoms with van der Waals surface area (Å²) in [5, 5.41) is 12.6. The van der Waals surface area contributed by atoms with Crippen LogP contribution in [0.15, 0.2) is 18.2 Å². The van der Waals surface area contributed by atoms with Gasteiger partial charge in [-0.25, -0.2) is 0 Å². The number of anilines is 1. The molecule has 0 bridgehead atoms. The highest BCUT2D eigenvalue weighted by Crippen LogP contribution is 2.27. The number of rotatable bonds is 4. The van der Waals surface area contributed by atoms with E-state index in [0.29, 0.717) is 12.5 Å². The lowest BCUT2D eigenvalue weighted by atomic mass is 9.98. The number of nitrogens with one attached hydrogen (secondary N) is 1. The van der Waals surface area contributed by atoms with Crippen LogP contribution in [0.4, 0.5) is 5.69 Å². The monoisotopic (exact) mass is 290 g/mol. The molecule has 0 atom stereocenters. The Labute approximate surface area is 127 Å². The molecule has 2 N–H and O–H groups in total.